The molecule has 0 bridgehead atoms. The lowest BCUT2D eigenvalue weighted by atomic mass is 10.1. The Morgan fingerprint density at radius 2 is 1.83 bits per heavy atom. The monoisotopic (exact) mass is 268 g/mol. The first-order valence-electron chi connectivity index (χ1n) is 5.18. The molecule has 0 fully saturated rings. The number of hydrazone groups is 1. The molecule has 1 aliphatic rings. The van der Waals surface area contributed by atoms with E-state index >= 15 is 0 Å². The summed E-state index contributed by atoms with van der Waals surface area (Å²) in [5, 5.41) is 5.25. The molecule has 0 spiro atoms. The lowest BCUT2D eigenvalue weighted by Gasteiger charge is -2.25. The van der Waals surface area contributed by atoms with Crippen LogP contribution in [-0.2, 0) is 0 Å². The highest BCUT2D eigenvalue weighted by atomic mass is 19.4. The van der Waals surface area contributed by atoms with Crippen LogP contribution in [0.1, 0.15) is 19.8 Å². The van der Waals surface area contributed by atoms with Crippen molar-refractivity contribution in [3.05, 3.63) is 23.9 Å². The molecule has 0 aliphatic carbocycles. The molecule has 0 saturated carbocycles. The average molecular weight is 268 g/mol. The van der Waals surface area contributed by atoms with Crippen molar-refractivity contribution < 1.29 is 22.0 Å². The summed E-state index contributed by atoms with van der Waals surface area (Å²) in [6.07, 6.45) is -5.76. The third kappa shape index (κ3) is 3.08. The van der Waals surface area contributed by atoms with Crippen LogP contribution in [0.3, 0.4) is 0 Å². The standard InChI is InChI=1S/C11H13F5N2/c1-7-6-9(18(3)17-8(7)2)4-5-10(12,13)11(14,15)16/h6H,1,4-5H2,2-3H3. The molecule has 0 aromatic rings. The summed E-state index contributed by atoms with van der Waals surface area (Å²) in [5.41, 5.74) is 1.40. The SMILES string of the molecule is C=C1C=C(CCC(F)(F)C(F)(F)F)N(C)N=C1C. The average Bonchev–Trinajstić information content (AvgIpc) is 2.20. The van der Waals surface area contributed by atoms with Gasteiger partial charge in [-0.3, -0.25) is 5.01 Å². The fraction of sp³-hybridized carbons (Fsp3) is 0.545. The molecule has 1 heterocycles. The van der Waals surface area contributed by atoms with Gasteiger partial charge in [-0.2, -0.15) is 27.1 Å². The van der Waals surface area contributed by atoms with Crippen LogP contribution in [0.4, 0.5) is 22.0 Å². The molecule has 0 aromatic heterocycles. The Labute approximate surface area is 101 Å². The van der Waals surface area contributed by atoms with E-state index in [9.17, 15) is 22.0 Å². The third-order valence-electron chi connectivity index (χ3n) is 2.63. The number of rotatable bonds is 3. The summed E-state index contributed by atoms with van der Waals surface area (Å²) in [7, 11) is 1.49. The van der Waals surface area contributed by atoms with Gasteiger partial charge in [-0.25, -0.2) is 0 Å². The molecule has 0 radical (unpaired) electrons. The predicted molar refractivity (Wildman–Crippen MR) is 58.3 cm³/mol. The zero-order chi connectivity index (χ0) is 14.1. The minimum absolute atomic E-state index is 0.287. The molecule has 0 saturated heterocycles. The molecule has 0 N–H and O–H groups in total. The summed E-state index contributed by atoms with van der Waals surface area (Å²) in [6, 6.07) is 0. The highest BCUT2D eigenvalue weighted by Crippen LogP contribution is 2.40. The molecule has 0 unspecified atom stereocenters. The van der Waals surface area contributed by atoms with E-state index in [1.54, 1.807) is 6.92 Å². The summed E-state index contributed by atoms with van der Waals surface area (Å²) >= 11 is 0. The fourth-order valence-electron chi connectivity index (χ4n) is 1.41. The van der Waals surface area contributed by atoms with Gasteiger partial charge >= 0.3 is 12.1 Å². The molecule has 0 atom stereocenters. The topological polar surface area (TPSA) is 15.6 Å². The molecule has 1 aliphatic heterocycles. The van der Waals surface area contributed by atoms with E-state index in [0.717, 1.165) is 0 Å². The lowest BCUT2D eigenvalue weighted by Crippen LogP contribution is -2.36. The van der Waals surface area contributed by atoms with Gasteiger partial charge in [-0.1, -0.05) is 6.58 Å². The Kier molecular flexibility index (Phi) is 3.83. The Hall–Kier alpha value is -1.40. The van der Waals surface area contributed by atoms with Crippen LogP contribution in [0.15, 0.2) is 29.0 Å². The van der Waals surface area contributed by atoms with Crippen LogP contribution < -0.4 is 0 Å². The minimum atomic E-state index is -5.52. The van der Waals surface area contributed by atoms with Gasteiger partial charge in [-0.05, 0) is 25.0 Å². The molecule has 1 rings (SSSR count). The van der Waals surface area contributed by atoms with E-state index in [2.05, 4.69) is 11.7 Å². The molecular weight excluding hydrogens is 255 g/mol. The van der Waals surface area contributed by atoms with E-state index in [4.69, 9.17) is 0 Å². The number of nitrogens with zero attached hydrogens (tertiary/aromatic N) is 2. The van der Waals surface area contributed by atoms with Crippen molar-refractivity contribution in [3.8, 4) is 0 Å². The highest BCUT2D eigenvalue weighted by Gasteiger charge is 2.56. The van der Waals surface area contributed by atoms with Crippen molar-refractivity contribution in [1.82, 2.24) is 5.01 Å². The maximum absolute atomic E-state index is 12.8. The van der Waals surface area contributed by atoms with Crippen molar-refractivity contribution in [2.75, 3.05) is 7.05 Å². The predicted octanol–water partition coefficient (Wildman–Crippen LogP) is 3.73. The first kappa shape index (κ1) is 14.7. The first-order valence-corrected chi connectivity index (χ1v) is 5.18. The van der Waals surface area contributed by atoms with E-state index in [0.29, 0.717) is 11.3 Å². The number of alkyl halides is 5. The summed E-state index contributed by atoms with van der Waals surface area (Å²) in [6.45, 7) is 5.31. The van der Waals surface area contributed by atoms with Crippen molar-refractivity contribution in [2.45, 2.75) is 31.9 Å². The van der Waals surface area contributed by atoms with Gasteiger partial charge < -0.3 is 0 Å². The lowest BCUT2D eigenvalue weighted by molar-refractivity contribution is -0.284. The first-order chi connectivity index (χ1) is 8.04. The van der Waals surface area contributed by atoms with Gasteiger partial charge in [0.2, 0.25) is 0 Å². The second-order valence-corrected chi connectivity index (χ2v) is 4.07. The normalized spacial score (nSPS) is 17.7. The molecule has 7 heteroatoms. The van der Waals surface area contributed by atoms with Gasteiger partial charge in [0.25, 0.3) is 0 Å². The number of hydrogen-bond donors (Lipinski definition) is 0. The van der Waals surface area contributed by atoms with Crippen LogP contribution in [0.25, 0.3) is 0 Å². The zero-order valence-corrected chi connectivity index (χ0v) is 9.98. The van der Waals surface area contributed by atoms with Gasteiger partial charge in [0.05, 0.1) is 5.71 Å². The van der Waals surface area contributed by atoms with Gasteiger partial charge in [0.15, 0.2) is 0 Å². The Bertz CT molecular complexity index is 406. The van der Waals surface area contributed by atoms with Crippen LogP contribution in [0.5, 0.6) is 0 Å². The van der Waals surface area contributed by atoms with Gasteiger partial charge in [-0.15, -0.1) is 0 Å². The van der Waals surface area contributed by atoms with Crippen molar-refractivity contribution >= 4 is 5.71 Å². The Morgan fingerprint density at radius 1 is 1.28 bits per heavy atom. The second kappa shape index (κ2) is 4.70. The molecular formula is C11H13F5N2. The maximum atomic E-state index is 12.8. The van der Waals surface area contributed by atoms with Crippen molar-refractivity contribution in [1.29, 1.82) is 0 Å². The van der Waals surface area contributed by atoms with Crippen molar-refractivity contribution in [2.24, 2.45) is 5.10 Å². The highest BCUT2D eigenvalue weighted by molar-refractivity contribution is 6.00. The van der Waals surface area contributed by atoms with E-state index in [1.165, 1.54) is 18.1 Å². The summed E-state index contributed by atoms with van der Waals surface area (Å²) in [5.74, 6) is -4.69. The van der Waals surface area contributed by atoms with E-state index in [1.807, 2.05) is 0 Å². The Morgan fingerprint density at radius 3 is 2.33 bits per heavy atom. The number of halogens is 5. The minimum Gasteiger partial charge on any atom is -0.272 e. The van der Waals surface area contributed by atoms with Crippen LogP contribution in [0.2, 0.25) is 0 Å². The maximum Gasteiger partial charge on any atom is 0.453 e. The van der Waals surface area contributed by atoms with Crippen LogP contribution >= 0.6 is 0 Å². The fourth-order valence-corrected chi connectivity index (χ4v) is 1.41. The Balaban J connectivity index is 2.71. The molecule has 0 aromatic carbocycles. The largest absolute Gasteiger partial charge is 0.453 e. The quantitative estimate of drug-likeness (QED) is 0.712. The van der Waals surface area contributed by atoms with E-state index in [-0.39, 0.29) is 5.70 Å². The van der Waals surface area contributed by atoms with Crippen LogP contribution in [-0.4, -0.2) is 29.9 Å². The second-order valence-electron chi connectivity index (χ2n) is 4.07. The van der Waals surface area contributed by atoms with Gasteiger partial charge in [0.1, 0.15) is 0 Å². The molecule has 0 amide bonds. The summed E-state index contributed by atoms with van der Waals surface area (Å²) < 4.78 is 61.5. The summed E-state index contributed by atoms with van der Waals surface area (Å²) in [4.78, 5) is 0. The zero-order valence-electron chi connectivity index (χ0n) is 9.98. The molecule has 18 heavy (non-hydrogen) atoms. The van der Waals surface area contributed by atoms with Gasteiger partial charge in [0, 0.05) is 19.2 Å². The number of hydrogen-bond acceptors (Lipinski definition) is 2. The third-order valence-corrected chi connectivity index (χ3v) is 2.63. The number of allylic oxidation sites excluding steroid dienone is 3. The van der Waals surface area contributed by atoms with Crippen molar-refractivity contribution in [3.63, 3.8) is 0 Å². The van der Waals surface area contributed by atoms with E-state index < -0.39 is 24.9 Å². The molecule has 102 valence electrons. The smallest absolute Gasteiger partial charge is 0.272 e. The van der Waals surface area contributed by atoms with Crippen LogP contribution in [0, 0.1) is 0 Å². The molecule has 2 nitrogen and oxygen atoms in total.